The number of halogens is 1. The number of rotatable bonds is 10. The van der Waals surface area contributed by atoms with Gasteiger partial charge in [0.15, 0.2) is 0 Å². The Morgan fingerprint density at radius 1 is 0.932 bits per heavy atom. The minimum absolute atomic E-state index is 0.151. The second kappa shape index (κ2) is 15.9. The van der Waals surface area contributed by atoms with Gasteiger partial charge in [0, 0.05) is 61.3 Å². The maximum atomic E-state index is 14.4. The molecule has 0 bridgehead atoms. The molecule has 5 aliphatic rings. The molecule has 3 saturated heterocycles. The van der Waals surface area contributed by atoms with Crippen molar-refractivity contribution in [3.05, 3.63) is 87.6 Å². The van der Waals surface area contributed by atoms with E-state index >= 15 is 0 Å². The smallest absolute Gasteiger partial charge is 0.255 e. The van der Waals surface area contributed by atoms with Crippen LogP contribution in [0.1, 0.15) is 104 Å². The minimum Gasteiger partial charge on any atom is -0.489 e. The lowest BCUT2D eigenvalue weighted by molar-refractivity contribution is -0.216. The SMILES string of the molecule is CC1(C)C(Oc2ccc(C#N)c(Cl)c2)C(C)(C)C1N1C(=O)CCC(N2Cc3cc(CC4CCN(CC5CCN(c6ccc(C(N)=O)cn6)CC5)CC4)ccc3C2=O)C1=O. The van der Waals surface area contributed by atoms with Gasteiger partial charge in [-0.25, -0.2) is 4.98 Å². The maximum absolute atomic E-state index is 14.4. The molecule has 4 amide bonds. The van der Waals surface area contributed by atoms with E-state index in [0.717, 1.165) is 76.2 Å². The number of imide groups is 1. The number of nitrogens with zero attached hydrogens (tertiary/aromatic N) is 6. The molecule has 59 heavy (non-hydrogen) atoms. The molecule has 1 saturated carbocycles. The predicted octanol–water partition coefficient (Wildman–Crippen LogP) is 6.23. The van der Waals surface area contributed by atoms with E-state index in [2.05, 4.69) is 33.0 Å². The van der Waals surface area contributed by atoms with E-state index in [1.165, 1.54) is 10.5 Å². The van der Waals surface area contributed by atoms with Crippen molar-refractivity contribution in [2.24, 2.45) is 28.4 Å². The van der Waals surface area contributed by atoms with Gasteiger partial charge in [-0.1, -0.05) is 51.4 Å². The first kappa shape index (κ1) is 40.8. The van der Waals surface area contributed by atoms with E-state index < -0.39 is 28.8 Å². The highest BCUT2D eigenvalue weighted by Crippen LogP contribution is 2.58. The van der Waals surface area contributed by atoms with Gasteiger partial charge in [-0.05, 0) is 105 Å². The minimum atomic E-state index is -0.719. The predicted molar refractivity (Wildman–Crippen MR) is 224 cm³/mol. The monoisotopic (exact) mass is 819 g/mol. The van der Waals surface area contributed by atoms with Crippen molar-refractivity contribution < 1.29 is 23.9 Å². The first-order valence-corrected chi connectivity index (χ1v) is 21.4. The average molecular weight is 820 g/mol. The summed E-state index contributed by atoms with van der Waals surface area (Å²) in [5.74, 6) is 1.50. The average Bonchev–Trinajstić information content (AvgIpc) is 3.54. The van der Waals surface area contributed by atoms with Gasteiger partial charge in [-0.15, -0.1) is 0 Å². The van der Waals surface area contributed by atoms with E-state index in [-0.39, 0.29) is 30.2 Å². The number of primary amides is 1. The van der Waals surface area contributed by atoms with Crippen LogP contribution in [0.4, 0.5) is 5.82 Å². The summed E-state index contributed by atoms with van der Waals surface area (Å²) in [4.78, 5) is 65.8. The van der Waals surface area contributed by atoms with Crippen LogP contribution in [-0.2, 0) is 22.6 Å². The number of amides is 4. The van der Waals surface area contributed by atoms with Crippen molar-refractivity contribution >= 4 is 41.0 Å². The quantitative estimate of drug-likeness (QED) is 0.235. The number of pyridine rings is 1. The summed E-state index contributed by atoms with van der Waals surface area (Å²) in [6.45, 7) is 13.6. The number of nitriles is 1. The molecular weight excluding hydrogens is 766 g/mol. The zero-order chi connectivity index (χ0) is 41.8. The van der Waals surface area contributed by atoms with Crippen LogP contribution in [0, 0.1) is 34.0 Å². The van der Waals surface area contributed by atoms with Crippen LogP contribution < -0.4 is 15.4 Å². The number of anilines is 1. The molecule has 4 fully saturated rings. The zero-order valence-electron chi connectivity index (χ0n) is 34.5. The van der Waals surface area contributed by atoms with E-state index in [1.807, 2.05) is 39.8 Å². The lowest BCUT2D eigenvalue weighted by Gasteiger charge is -2.66. The van der Waals surface area contributed by atoms with Crippen LogP contribution >= 0.6 is 11.6 Å². The summed E-state index contributed by atoms with van der Waals surface area (Å²) in [7, 11) is 0. The number of nitrogens with two attached hydrogens (primary N) is 1. The number of aromatic nitrogens is 1. The maximum Gasteiger partial charge on any atom is 0.255 e. The lowest BCUT2D eigenvalue weighted by atomic mass is 9.48. The Bertz CT molecular complexity index is 2170. The number of carbonyl (C=O) groups excluding carboxylic acids is 4. The molecule has 1 aromatic heterocycles. The molecule has 3 aromatic rings. The molecule has 1 unspecified atom stereocenters. The fraction of sp³-hybridized carbons (Fsp3) is 0.522. The third-order valence-corrected chi connectivity index (χ3v) is 14.2. The van der Waals surface area contributed by atoms with E-state index in [1.54, 1.807) is 35.4 Å². The molecule has 8 rings (SSSR count). The standard InChI is InChI=1S/C46H54ClN7O5/c1-45(2)43(46(3,4)44(45)59-34-8-6-31(24-48)36(47)23-34)54-39(55)12-10-37(42(54)58)53-27-33-22-30(5-9-35(33)41(53)57)21-28-13-17-51(18-14-28)26-29-15-19-52(20-16-29)38-11-7-32(25-50-38)40(49)56/h5-9,11,22-23,25,28-29,37,43-44H,10,12-21,26-27H2,1-4H3,(H2,49,56). The van der Waals surface area contributed by atoms with Crippen molar-refractivity contribution in [2.75, 3.05) is 37.6 Å². The van der Waals surface area contributed by atoms with Crippen LogP contribution in [0.2, 0.25) is 5.02 Å². The lowest BCUT2D eigenvalue weighted by Crippen LogP contribution is -2.77. The topological polar surface area (TPSA) is 153 Å². The van der Waals surface area contributed by atoms with Crippen LogP contribution in [-0.4, -0.2) is 94.2 Å². The van der Waals surface area contributed by atoms with Gasteiger partial charge in [0.2, 0.25) is 11.8 Å². The summed E-state index contributed by atoms with van der Waals surface area (Å²) >= 11 is 6.29. The molecule has 0 radical (unpaired) electrons. The summed E-state index contributed by atoms with van der Waals surface area (Å²) in [5, 5.41) is 9.59. The number of benzene rings is 2. The molecule has 12 nitrogen and oxygen atoms in total. The summed E-state index contributed by atoms with van der Waals surface area (Å²) in [6, 6.07) is 15.7. The molecular formula is C46H54ClN7O5. The second-order valence-corrected chi connectivity index (χ2v) is 18.9. The third kappa shape index (κ3) is 7.68. The van der Waals surface area contributed by atoms with Crippen molar-refractivity contribution in [1.29, 1.82) is 5.26 Å². The van der Waals surface area contributed by atoms with Crippen LogP contribution in [0.5, 0.6) is 5.75 Å². The van der Waals surface area contributed by atoms with Crippen LogP contribution in [0.25, 0.3) is 0 Å². The van der Waals surface area contributed by atoms with Crippen molar-refractivity contribution in [2.45, 2.75) is 97.4 Å². The number of hydrogen-bond acceptors (Lipinski definition) is 9. The molecule has 2 N–H and O–H groups in total. The molecule has 13 heteroatoms. The summed E-state index contributed by atoms with van der Waals surface area (Å²) in [6.07, 6.45) is 7.18. The Morgan fingerprint density at radius 3 is 2.29 bits per heavy atom. The van der Waals surface area contributed by atoms with Gasteiger partial charge in [0.05, 0.1) is 22.2 Å². The Labute approximate surface area is 351 Å². The van der Waals surface area contributed by atoms with Crippen molar-refractivity contribution in [1.82, 2.24) is 19.7 Å². The van der Waals surface area contributed by atoms with Gasteiger partial charge in [-0.3, -0.25) is 24.1 Å². The number of piperidine rings is 3. The fourth-order valence-electron chi connectivity index (χ4n) is 11.1. The molecule has 0 spiro atoms. The molecule has 1 atom stereocenters. The highest BCUT2D eigenvalue weighted by molar-refractivity contribution is 6.31. The van der Waals surface area contributed by atoms with Crippen molar-refractivity contribution in [3.8, 4) is 11.8 Å². The largest absolute Gasteiger partial charge is 0.489 e. The Kier molecular flexibility index (Phi) is 11.0. The van der Waals surface area contributed by atoms with E-state index in [9.17, 15) is 24.4 Å². The highest BCUT2D eigenvalue weighted by Gasteiger charge is 2.68. The zero-order valence-corrected chi connectivity index (χ0v) is 35.2. The summed E-state index contributed by atoms with van der Waals surface area (Å²) < 4.78 is 6.44. The summed E-state index contributed by atoms with van der Waals surface area (Å²) in [5.41, 5.74) is 7.78. The van der Waals surface area contributed by atoms with Crippen LogP contribution in [0.3, 0.4) is 0 Å². The van der Waals surface area contributed by atoms with Gasteiger partial charge < -0.3 is 25.2 Å². The number of likely N-dealkylation sites (tertiary alicyclic amines) is 2. The molecule has 2 aromatic carbocycles. The first-order valence-electron chi connectivity index (χ1n) is 21.0. The normalized spacial score (nSPS) is 24.8. The number of fused-ring (bicyclic) bond motifs is 1. The Balaban J connectivity index is 0.843. The fourth-order valence-corrected chi connectivity index (χ4v) is 11.3. The van der Waals surface area contributed by atoms with E-state index in [4.69, 9.17) is 22.1 Å². The van der Waals surface area contributed by atoms with Gasteiger partial charge >= 0.3 is 0 Å². The number of ether oxygens (including phenoxy) is 1. The van der Waals surface area contributed by atoms with Gasteiger partial charge in [0.1, 0.15) is 29.8 Å². The molecule has 4 aliphatic heterocycles. The van der Waals surface area contributed by atoms with Gasteiger partial charge in [-0.2, -0.15) is 5.26 Å². The van der Waals surface area contributed by atoms with Crippen LogP contribution in [0.15, 0.2) is 54.7 Å². The number of carbonyl (C=O) groups is 4. The second-order valence-electron chi connectivity index (χ2n) is 18.5. The van der Waals surface area contributed by atoms with Crippen molar-refractivity contribution in [3.63, 3.8) is 0 Å². The Morgan fingerprint density at radius 2 is 1.64 bits per heavy atom. The molecule has 5 heterocycles. The third-order valence-electron chi connectivity index (χ3n) is 13.9. The Hall–Kier alpha value is -4.99. The molecule has 310 valence electrons. The van der Waals surface area contributed by atoms with E-state index in [0.29, 0.717) is 52.3 Å². The number of hydrogen-bond donors (Lipinski definition) is 1. The van der Waals surface area contributed by atoms with Gasteiger partial charge in [0.25, 0.3) is 11.8 Å². The molecule has 1 aliphatic carbocycles. The highest BCUT2D eigenvalue weighted by atomic mass is 35.5. The first-order chi connectivity index (χ1) is 28.1.